The van der Waals surface area contributed by atoms with Crippen molar-refractivity contribution >= 4 is 26.8 Å². The van der Waals surface area contributed by atoms with Crippen LogP contribution in [0.1, 0.15) is 11.5 Å². The molecule has 0 atom stereocenters. The molecule has 0 aliphatic heterocycles. The summed E-state index contributed by atoms with van der Waals surface area (Å²) in [7, 11) is 1.92. The summed E-state index contributed by atoms with van der Waals surface area (Å²) < 4.78 is 1.04. The Morgan fingerprint density at radius 1 is 1.33 bits per heavy atom. The van der Waals surface area contributed by atoms with Crippen molar-refractivity contribution in [2.75, 3.05) is 7.05 Å². The van der Waals surface area contributed by atoms with Crippen molar-refractivity contribution in [1.29, 1.82) is 0 Å². The van der Waals surface area contributed by atoms with Crippen molar-refractivity contribution < 1.29 is 0 Å². The maximum Gasteiger partial charge on any atom is 0.126 e. The molecule has 15 heavy (non-hydrogen) atoms. The largest absolute Gasteiger partial charge is 0.314 e. The van der Waals surface area contributed by atoms with Gasteiger partial charge in [0.05, 0.1) is 11.2 Å². The van der Waals surface area contributed by atoms with Crippen LogP contribution in [0.3, 0.4) is 0 Å². The van der Waals surface area contributed by atoms with Gasteiger partial charge in [0, 0.05) is 16.4 Å². The van der Waals surface area contributed by atoms with Gasteiger partial charge in [0.2, 0.25) is 0 Å². The third-order valence-corrected chi connectivity index (χ3v) is 2.69. The van der Waals surface area contributed by atoms with E-state index in [0.29, 0.717) is 0 Å². The summed E-state index contributed by atoms with van der Waals surface area (Å²) in [6, 6.07) is 6.08. The molecule has 0 unspecified atom stereocenters. The molecular weight excluding hydrogens is 254 g/mol. The van der Waals surface area contributed by atoms with Crippen LogP contribution in [0.2, 0.25) is 0 Å². The van der Waals surface area contributed by atoms with Crippen LogP contribution in [0.5, 0.6) is 0 Å². The molecule has 3 nitrogen and oxygen atoms in total. The fourth-order valence-corrected chi connectivity index (χ4v) is 1.95. The number of benzene rings is 1. The fourth-order valence-electron chi connectivity index (χ4n) is 1.60. The van der Waals surface area contributed by atoms with E-state index in [1.54, 1.807) is 0 Å². The van der Waals surface area contributed by atoms with Gasteiger partial charge < -0.3 is 5.32 Å². The zero-order valence-corrected chi connectivity index (χ0v) is 10.3. The first kappa shape index (κ1) is 10.5. The van der Waals surface area contributed by atoms with Crippen molar-refractivity contribution in [2.24, 2.45) is 0 Å². The normalized spacial score (nSPS) is 10.9. The summed E-state index contributed by atoms with van der Waals surface area (Å²) in [5.74, 6) is 0.811. The fraction of sp³-hybridized carbons (Fsp3) is 0.273. The third kappa shape index (κ3) is 2.16. The minimum Gasteiger partial charge on any atom is -0.314 e. The first-order chi connectivity index (χ1) is 7.20. The summed E-state index contributed by atoms with van der Waals surface area (Å²) in [4.78, 5) is 8.84. The summed E-state index contributed by atoms with van der Waals surface area (Å²) >= 11 is 3.44. The summed E-state index contributed by atoms with van der Waals surface area (Å²) in [6.07, 6.45) is 0. The second-order valence-electron chi connectivity index (χ2n) is 3.41. The van der Waals surface area contributed by atoms with Gasteiger partial charge in [0.15, 0.2) is 0 Å². The lowest BCUT2D eigenvalue weighted by atomic mass is 10.2. The van der Waals surface area contributed by atoms with E-state index in [1.807, 2.05) is 32.2 Å². The van der Waals surface area contributed by atoms with Gasteiger partial charge in [-0.1, -0.05) is 15.9 Å². The van der Waals surface area contributed by atoms with E-state index in [2.05, 4.69) is 31.2 Å². The first-order valence-electron chi connectivity index (χ1n) is 4.78. The molecule has 1 heterocycles. The highest BCUT2D eigenvalue weighted by Gasteiger charge is 2.04. The van der Waals surface area contributed by atoms with E-state index in [-0.39, 0.29) is 0 Å². The summed E-state index contributed by atoms with van der Waals surface area (Å²) in [6.45, 7) is 2.68. The predicted octanol–water partition coefficient (Wildman–Crippen LogP) is 2.42. The van der Waals surface area contributed by atoms with Crippen LogP contribution in [0.4, 0.5) is 0 Å². The van der Waals surface area contributed by atoms with Crippen LogP contribution < -0.4 is 5.32 Å². The number of nitrogens with zero attached hydrogens (tertiary/aromatic N) is 2. The summed E-state index contributed by atoms with van der Waals surface area (Å²) in [5.41, 5.74) is 2.04. The van der Waals surface area contributed by atoms with Gasteiger partial charge in [-0.3, -0.25) is 0 Å². The maximum absolute atomic E-state index is 4.43. The Morgan fingerprint density at radius 3 is 2.87 bits per heavy atom. The van der Waals surface area contributed by atoms with Crippen LogP contribution >= 0.6 is 15.9 Å². The van der Waals surface area contributed by atoms with Gasteiger partial charge in [0.25, 0.3) is 0 Å². The highest BCUT2D eigenvalue weighted by molar-refractivity contribution is 9.10. The van der Waals surface area contributed by atoms with Crippen molar-refractivity contribution in [3.63, 3.8) is 0 Å². The molecule has 0 fully saturated rings. The van der Waals surface area contributed by atoms with Gasteiger partial charge in [-0.2, -0.15) is 0 Å². The van der Waals surface area contributed by atoms with Crippen molar-refractivity contribution in [2.45, 2.75) is 13.5 Å². The highest BCUT2D eigenvalue weighted by atomic mass is 79.9. The molecule has 0 aliphatic carbocycles. The van der Waals surface area contributed by atoms with Gasteiger partial charge in [-0.15, -0.1) is 0 Å². The van der Waals surface area contributed by atoms with Crippen molar-refractivity contribution in [3.8, 4) is 0 Å². The van der Waals surface area contributed by atoms with E-state index in [1.165, 1.54) is 0 Å². The monoisotopic (exact) mass is 265 g/mol. The van der Waals surface area contributed by atoms with E-state index in [9.17, 15) is 0 Å². The SMILES string of the molecule is CNCc1nc(C)nc2cc(Br)ccc12. The second-order valence-corrected chi connectivity index (χ2v) is 4.32. The molecule has 1 N–H and O–H groups in total. The molecule has 0 aliphatic rings. The molecule has 0 saturated carbocycles. The third-order valence-electron chi connectivity index (χ3n) is 2.19. The lowest BCUT2D eigenvalue weighted by Gasteiger charge is -2.06. The standard InChI is InChI=1S/C11H12BrN3/c1-7-14-10-5-8(12)3-4-9(10)11(15-7)6-13-2/h3-5,13H,6H2,1-2H3. The molecule has 0 spiro atoms. The molecule has 0 radical (unpaired) electrons. The number of hydrogen-bond acceptors (Lipinski definition) is 3. The quantitative estimate of drug-likeness (QED) is 0.907. The molecule has 0 bridgehead atoms. The number of nitrogens with one attached hydrogen (secondary N) is 1. The lowest BCUT2D eigenvalue weighted by molar-refractivity contribution is 0.789. The number of rotatable bonds is 2. The lowest BCUT2D eigenvalue weighted by Crippen LogP contribution is -2.09. The topological polar surface area (TPSA) is 37.8 Å². The number of aromatic nitrogens is 2. The van der Waals surface area contributed by atoms with Crippen LogP contribution in [0, 0.1) is 6.92 Å². The maximum atomic E-state index is 4.43. The number of fused-ring (bicyclic) bond motifs is 1. The van der Waals surface area contributed by atoms with Crippen LogP contribution in [-0.4, -0.2) is 17.0 Å². The van der Waals surface area contributed by atoms with E-state index in [0.717, 1.165) is 33.4 Å². The van der Waals surface area contributed by atoms with Crippen LogP contribution in [-0.2, 0) is 6.54 Å². The molecule has 0 saturated heterocycles. The average Bonchev–Trinajstić information content (AvgIpc) is 2.17. The Morgan fingerprint density at radius 2 is 2.13 bits per heavy atom. The molecular formula is C11H12BrN3. The van der Waals surface area contributed by atoms with Gasteiger partial charge >= 0.3 is 0 Å². The average molecular weight is 266 g/mol. The molecule has 4 heteroatoms. The molecule has 1 aromatic carbocycles. The zero-order chi connectivity index (χ0) is 10.8. The smallest absolute Gasteiger partial charge is 0.126 e. The van der Waals surface area contributed by atoms with Crippen molar-refractivity contribution in [3.05, 3.63) is 34.2 Å². The molecule has 78 valence electrons. The first-order valence-corrected chi connectivity index (χ1v) is 5.57. The molecule has 0 amide bonds. The van der Waals surface area contributed by atoms with E-state index in [4.69, 9.17) is 0 Å². The predicted molar refractivity (Wildman–Crippen MR) is 64.7 cm³/mol. The second kappa shape index (κ2) is 4.24. The van der Waals surface area contributed by atoms with Gasteiger partial charge in [-0.25, -0.2) is 9.97 Å². The molecule has 1 aromatic heterocycles. The Kier molecular flexibility index (Phi) is 2.98. The number of halogens is 1. The Bertz CT molecular complexity index is 491. The van der Waals surface area contributed by atoms with Crippen LogP contribution in [0.25, 0.3) is 10.9 Å². The minimum atomic E-state index is 0.765. The zero-order valence-electron chi connectivity index (χ0n) is 8.71. The highest BCUT2D eigenvalue weighted by Crippen LogP contribution is 2.20. The van der Waals surface area contributed by atoms with Gasteiger partial charge in [0.1, 0.15) is 5.82 Å². The Labute approximate surface area is 97.1 Å². The van der Waals surface area contributed by atoms with Crippen molar-refractivity contribution in [1.82, 2.24) is 15.3 Å². The Balaban J connectivity index is 2.68. The van der Waals surface area contributed by atoms with E-state index < -0.39 is 0 Å². The number of aryl methyl sites for hydroxylation is 1. The van der Waals surface area contributed by atoms with Crippen LogP contribution in [0.15, 0.2) is 22.7 Å². The molecule has 2 rings (SSSR count). The number of hydrogen-bond donors (Lipinski definition) is 1. The molecule has 2 aromatic rings. The van der Waals surface area contributed by atoms with Gasteiger partial charge in [-0.05, 0) is 32.2 Å². The Hall–Kier alpha value is -1.000. The minimum absolute atomic E-state index is 0.765. The van der Waals surface area contributed by atoms with E-state index >= 15 is 0 Å². The summed E-state index contributed by atoms with van der Waals surface area (Å²) in [5, 5.41) is 4.23.